The fourth-order valence-corrected chi connectivity index (χ4v) is 3.68. The van der Waals surface area contributed by atoms with Crippen molar-refractivity contribution >= 4 is 17.4 Å². The predicted molar refractivity (Wildman–Crippen MR) is 123 cm³/mol. The fourth-order valence-electron chi connectivity index (χ4n) is 3.68. The molecule has 0 aliphatic rings. The Kier molecular flexibility index (Phi) is 7.48. The largest absolute Gasteiger partial charge is 0.507 e. The average molecular weight is 453 g/mol. The van der Waals surface area contributed by atoms with E-state index in [1.165, 1.54) is 17.5 Å². The van der Waals surface area contributed by atoms with Gasteiger partial charge in [-0.25, -0.2) is 4.98 Å². The first kappa shape index (κ1) is 24.0. The number of ketones is 1. The van der Waals surface area contributed by atoms with Crippen LogP contribution < -0.4 is 10.3 Å². The Morgan fingerprint density at radius 3 is 2.58 bits per heavy atom. The van der Waals surface area contributed by atoms with Crippen molar-refractivity contribution < 1.29 is 24.2 Å². The van der Waals surface area contributed by atoms with Gasteiger partial charge in [0.2, 0.25) is 0 Å². The number of aromatic hydroxyl groups is 1. The minimum Gasteiger partial charge on any atom is -0.507 e. The predicted octanol–water partition coefficient (Wildman–Crippen LogP) is 3.55. The van der Waals surface area contributed by atoms with E-state index in [1.54, 1.807) is 31.3 Å². The van der Waals surface area contributed by atoms with Crippen LogP contribution in [-0.2, 0) is 29.0 Å². The summed E-state index contributed by atoms with van der Waals surface area (Å²) >= 11 is 0. The van der Waals surface area contributed by atoms with Gasteiger partial charge in [0.05, 0.1) is 18.6 Å². The van der Waals surface area contributed by atoms with E-state index < -0.39 is 5.97 Å². The highest BCUT2D eigenvalue weighted by Crippen LogP contribution is 2.33. The van der Waals surface area contributed by atoms with Gasteiger partial charge in [0.15, 0.2) is 5.78 Å². The fraction of sp³-hybridized carbons (Fsp3) is 0.360. The summed E-state index contributed by atoms with van der Waals surface area (Å²) in [5.74, 6) is -0.288. The van der Waals surface area contributed by atoms with Crippen molar-refractivity contribution in [2.24, 2.45) is 0 Å². The third-order valence-electron chi connectivity index (χ3n) is 5.42. The SMILES string of the molecule is CCCc1c(OCc2c(C)ccn3c(=O)c(CC(=O)OCC)cnc23)ccc(C(C)=O)c1O. The van der Waals surface area contributed by atoms with Crippen molar-refractivity contribution in [3.8, 4) is 11.5 Å². The molecule has 0 fully saturated rings. The average Bonchev–Trinajstić information content (AvgIpc) is 2.77. The van der Waals surface area contributed by atoms with Crippen molar-refractivity contribution in [1.29, 1.82) is 0 Å². The normalized spacial score (nSPS) is 10.9. The van der Waals surface area contributed by atoms with Crippen LogP contribution >= 0.6 is 0 Å². The van der Waals surface area contributed by atoms with Crippen LogP contribution in [0.1, 0.15) is 59.8 Å². The van der Waals surface area contributed by atoms with Crippen LogP contribution in [-0.4, -0.2) is 32.9 Å². The molecule has 174 valence electrons. The molecule has 0 aliphatic heterocycles. The molecule has 0 atom stereocenters. The molecule has 0 radical (unpaired) electrons. The Morgan fingerprint density at radius 2 is 1.91 bits per heavy atom. The number of carbonyl (C=O) groups is 2. The molecule has 8 heteroatoms. The zero-order chi connectivity index (χ0) is 24.1. The second kappa shape index (κ2) is 10.3. The van der Waals surface area contributed by atoms with Crippen molar-refractivity contribution in [3.05, 3.63) is 68.8 Å². The van der Waals surface area contributed by atoms with Crippen LogP contribution in [0.4, 0.5) is 0 Å². The van der Waals surface area contributed by atoms with Crippen molar-refractivity contribution in [3.63, 3.8) is 0 Å². The van der Waals surface area contributed by atoms with E-state index in [4.69, 9.17) is 9.47 Å². The summed E-state index contributed by atoms with van der Waals surface area (Å²) in [6.45, 7) is 7.33. The number of rotatable bonds is 9. The number of aryl methyl sites for hydroxylation is 1. The minimum absolute atomic E-state index is 0.0607. The third kappa shape index (κ3) is 5.05. The topological polar surface area (TPSA) is 107 Å². The van der Waals surface area contributed by atoms with Crippen LogP contribution in [0.2, 0.25) is 0 Å². The third-order valence-corrected chi connectivity index (χ3v) is 5.42. The maximum atomic E-state index is 12.9. The second-order valence-corrected chi connectivity index (χ2v) is 7.77. The first-order valence-electron chi connectivity index (χ1n) is 10.9. The number of hydrogen-bond acceptors (Lipinski definition) is 7. The highest BCUT2D eigenvalue weighted by atomic mass is 16.5. The molecule has 2 heterocycles. The lowest BCUT2D eigenvalue weighted by Crippen LogP contribution is -2.23. The van der Waals surface area contributed by atoms with Crippen LogP contribution in [0.25, 0.3) is 5.65 Å². The maximum Gasteiger partial charge on any atom is 0.310 e. The van der Waals surface area contributed by atoms with E-state index in [1.807, 2.05) is 13.8 Å². The van der Waals surface area contributed by atoms with Gasteiger partial charge in [0.25, 0.3) is 5.56 Å². The number of fused-ring (bicyclic) bond motifs is 1. The number of esters is 1. The van der Waals surface area contributed by atoms with Gasteiger partial charge >= 0.3 is 5.97 Å². The molecule has 0 aliphatic carbocycles. The van der Waals surface area contributed by atoms with Gasteiger partial charge in [0.1, 0.15) is 23.8 Å². The van der Waals surface area contributed by atoms with E-state index >= 15 is 0 Å². The Balaban J connectivity index is 1.97. The summed E-state index contributed by atoms with van der Waals surface area (Å²) in [4.78, 5) is 40.9. The van der Waals surface area contributed by atoms with Gasteiger partial charge in [0, 0.05) is 29.1 Å². The Bertz CT molecular complexity index is 1260. The lowest BCUT2D eigenvalue weighted by Gasteiger charge is -2.16. The van der Waals surface area contributed by atoms with Crippen molar-refractivity contribution in [2.45, 2.75) is 53.6 Å². The molecule has 0 saturated carbocycles. The molecule has 0 spiro atoms. The molecule has 3 aromatic rings. The van der Waals surface area contributed by atoms with E-state index in [2.05, 4.69) is 4.98 Å². The molecule has 2 aromatic heterocycles. The summed E-state index contributed by atoms with van der Waals surface area (Å²) in [7, 11) is 0. The highest BCUT2D eigenvalue weighted by Gasteiger charge is 2.18. The number of ether oxygens (including phenoxy) is 2. The van der Waals surface area contributed by atoms with Crippen molar-refractivity contribution in [2.75, 3.05) is 6.61 Å². The minimum atomic E-state index is -0.482. The van der Waals surface area contributed by atoms with E-state index in [9.17, 15) is 19.5 Å². The molecule has 1 N–H and O–H groups in total. The number of nitrogens with zero attached hydrogens (tertiary/aromatic N) is 2. The molecule has 0 saturated heterocycles. The summed E-state index contributed by atoms with van der Waals surface area (Å²) in [6, 6.07) is 5.01. The molecule has 33 heavy (non-hydrogen) atoms. The van der Waals surface area contributed by atoms with E-state index in [0.29, 0.717) is 28.9 Å². The zero-order valence-corrected chi connectivity index (χ0v) is 19.3. The molecular weight excluding hydrogens is 424 g/mol. The number of phenols is 1. The smallest absolute Gasteiger partial charge is 0.310 e. The summed E-state index contributed by atoms with van der Waals surface area (Å²) in [5, 5.41) is 10.6. The Hall–Kier alpha value is -3.68. The molecule has 0 amide bonds. The van der Waals surface area contributed by atoms with E-state index in [-0.39, 0.29) is 47.9 Å². The van der Waals surface area contributed by atoms with Gasteiger partial charge in [-0.05, 0) is 51.0 Å². The summed E-state index contributed by atoms with van der Waals surface area (Å²) < 4.78 is 12.4. The number of phenolic OH excluding ortho intramolecular Hbond substituents is 1. The van der Waals surface area contributed by atoms with Gasteiger partial charge in [-0.1, -0.05) is 13.3 Å². The Labute approximate surface area is 191 Å². The monoisotopic (exact) mass is 452 g/mol. The first-order valence-corrected chi connectivity index (χ1v) is 10.9. The highest BCUT2D eigenvalue weighted by molar-refractivity contribution is 5.97. The van der Waals surface area contributed by atoms with Gasteiger partial charge in [-0.2, -0.15) is 0 Å². The van der Waals surface area contributed by atoms with Gasteiger partial charge < -0.3 is 14.6 Å². The van der Waals surface area contributed by atoms with Crippen LogP contribution in [0.3, 0.4) is 0 Å². The number of carbonyl (C=O) groups excluding carboxylic acids is 2. The molecule has 0 bridgehead atoms. The molecule has 8 nitrogen and oxygen atoms in total. The van der Waals surface area contributed by atoms with Crippen LogP contribution in [0.5, 0.6) is 11.5 Å². The van der Waals surface area contributed by atoms with Crippen molar-refractivity contribution in [1.82, 2.24) is 9.38 Å². The molecule has 0 unspecified atom stereocenters. The Morgan fingerprint density at radius 1 is 1.15 bits per heavy atom. The number of Topliss-reactive ketones (excluding diaryl/α,β-unsaturated/α-hetero) is 1. The van der Waals surface area contributed by atoms with E-state index in [0.717, 1.165) is 12.0 Å². The number of hydrogen-bond donors (Lipinski definition) is 1. The first-order chi connectivity index (χ1) is 15.8. The quantitative estimate of drug-likeness (QED) is 0.391. The van der Waals surface area contributed by atoms with Gasteiger partial charge in [-0.15, -0.1) is 0 Å². The lowest BCUT2D eigenvalue weighted by atomic mass is 10.0. The van der Waals surface area contributed by atoms with Gasteiger partial charge in [-0.3, -0.25) is 18.8 Å². The number of pyridine rings is 1. The van der Waals surface area contributed by atoms with Crippen LogP contribution in [0, 0.1) is 6.92 Å². The molecule has 1 aromatic carbocycles. The zero-order valence-electron chi connectivity index (χ0n) is 19.3. The summed E-state index contributed by atoms with van der Waals surface area (Å²) in [6.07, 6.45) is 4.18. The number of benzene rings is 1. The second-order valence-electron chi connectivity index (χ2n) is 7.77. The molecular formula is C25H28N2O6. The lowest BCUT2D eigenvalue weighted by molar-refractivity contribution is -0.142. The summed E-state index contributed by atoms with van der Waals surface area (Å²) in [5.41, 5.74) is 2.74. The maximum absolute atomic E-state index is 12.9. The standard InChI is InChI=1S/C25H28N2O6/c1-5-7-19-21(9-8-18(16(4)28)23(19)30)33-14-20-15(3)10-11-27-24(20)26-13-17(25(27)31)12-22(29)32-6-2/h8-11,13,30H,5-7,12,14H2,1-4H3. The van der Waals surface area contributed by atoms with Crippen LogP contribution in [0.15, 0.2) is 35.4 Å². The number of aromatic nitrogens is 2. The molecule has 3 rings (SSSR count).